The Morgan fingerprint density at radius 3 is 2.00 bits per heavy atom. The summed E-state index contributed by atoms with van der Waals surface area (Å²) in [5.41, 5.74) is 3.21. The number of aliphatic hydroxyl groups is 2. The van der Waals surface area contributed by atoms with E-state index < -0.39 is 34.5 Å². The number of rotatable bonds is 10. The van der Waals surface area contributed by atoms with Crippen molar-refractivity contribution in [3.05, 3.63) is 0 Å². The smallest absolute Gasteiger partial charge is 0.170 e. The Morgan fingerprint density at radius 1 is 1.00 bits per heavy atom. The Balaban J connectivity index is 0.000000331. The molecular formula is C16H33N5O10S2. The molecule has 194 valence electrons. The summed E-state index contributed by atoms with van der Waals surface area (Å²) in [6, 6.07) is -0.854. The van der Waals surface area contributed by atoms with Crippen molar-refractivity contribution >= 4 is 33.6 Å². The molecule has 17 heteroatoms. The van der Waals surface area contributed by atoms with Crippen molar-refractivity contribution in [2.45, 2.75) is 44.1 Å². The lowest BCUT2D eigenvalue weighted by atomic mass is 10.0. The van der Waals surface area contributed by atoms with Gasteiger partial charge in [0.05, 0.1) is 30.1 Å². The Bertz CT molecular complexity index is 684. The minimum atomic E-state index is -1.58. The molecule has 0 saturated carbocycles. The standard InChI is InChI=1S/C8H17N3O5S.C8H16N2O5S/c1-14-9-7-3-4-11(16-17(2)13)8(5-7)6-15-10-12;1-14-9-6-3-4-10(15-16(2)13)7(5-6)8(11)12/h8,10,12H,3-6H2,1-2H3;7-8,11-12H,3-5H2,1-2H3/b9-7-;9-6-. The molecule has 4 unspecified atom stereocenters. The third-order valence-electron chi connectivity index (χ3n) is 4.46. The minimum Gasteiger partial charge on any atom is -0.399 e. The van der Waals surface area contributed by atoms with Gasteiger partial charge in [-0.3, -0.25) is 10.0 Å². The van der Waals surface area contributed by atoms with Gasteiger partial charge in [-0.1, -0.05) is 16.0 Å². The topological polar surface area (TPSA) is 184 Å². The number of aliphatic hydroxyl groups excluding tert-OH is 1. The first-order valence-corrected chi connectivity index (χ1v) is 12.8. The lowest BCUT2D eigenvalue weighted by molar-refractivity contribution is -0.178. The van der Waals surface area contributed by atoms with E-state index in [2.05, 4.69) is 15.1 Å². The number of piperidine rings is 2. The van der Waals surface area contributed by atoms with E-state index in [0.29, 0.717) is 38.8 Å². The SMILES string of the molecule is CO/N=C1/CCN(OS(C)=O)C(C(O)O)C1.CO/N=C1/CCN(OS(C)=O)C(CONO)C1. The van der Waals surface area contributed by atoms with Gasteiger partial charge in [-0.05, 0) is 0 Å². The minimum absolute atomic E-state index is 0.177. The molecule has 0 aliphatic carbocycles. The molecule has 2 aliphatic rings. The molecule has 0 amide bonds. The Labute approximate surface area is 197 Å². The first-order valence-electron chi connectivity index (χ1n) is 9.83. The van der Waals surface area contributed by atoms with Crippen molar-refractivity contribution in [3.63, 3.8) is 0 Å². The van der Waals surface area contributed by atoms with Crippen molar-refractivity contribution in [1.29, 1.82) is 0 Å². The van der Waals surface area contributed by atoms with Crippen molar-refractivity contribution in [2.75, 3.05) is 46.4 Å². The van der Waals surface area contributed by atoms with Crippen molar-refractivity contribution < 1.29 is 46.9 Å². The molecule has 33 heavy (non-hydrogen) atoms. The van der Waals surface area contributed by atoms with Gasteiger partial charge in [-0.2, -0.15) is 18.7 Å². The summed E-state index contributed by atoms with van der Waals surface area (Å²) in [7, 11) is 2.92. The summed E-state index contributed by atoms with van der Waals surface area (Å²) in [6.07, 6.45) is 3.36. The maximum atomic E-state index is 11.0. The van der Waals surface area contributed by atoms with Gasteiger partial charge in [-0.25, -0.2) is 8.42 Å². The zero-order valence-corrected chi connectivity index (χ0v) is 20.6. The van der Waals surface area contributed by atoms with Gasteiger partial charge in [0.25, 0.3) is 0 Å². The second-order valence-corrected chi connectivity index (χ2v) is 8.76. The van der Waals surface area contributed by atoms with E-state index in [1.54, 1.807) is 10.7 Å². The Kier molecular flexibility index (Phi) is 15.0. The van der Waals surface area contributed by atoms with Gasteiger partial charge < -0.3 is 19.9 Å². The van der Waals surface area contributed by atoms with Crippen LogP contribution in [0.15, 0.2) is 10.3 Å². The van der Waals surface area contributed by atoms with Crippen LogP contribution in [0.1, 0.15) is 25.7 Å². The number of nitrogens with one attached hydrogen (secondary N) is 1. The van der Waals surface area contributed by atoms with E-state index in [9.17, 15) is 18.6 Å². The summed E-state index contributed by atoms with van der Waals surface area (Å²) >= 11 is -2.87. The summed E-state index contributed by atoms with van der Waals surface area (Å²) in [6.45, 7) is 1.11. The van der Waals surface area contributed by atoms with Gasteiger partial charge >= 0.3 is 0 Å². The zero-order valence-electron chi connectivity index (χ0n) is 19.0. The van der Waals surface area contributed by atoms with Crippen LogP contribution in [0.4, 0.5) is 0 Å². The third-order valence-corrected chi connectivity index (χ3v) is 5.26. The van der Waals surface area contributed by atoms with Crippen LogP contribution >= 0.6 is 0 Å². The predicted molar refractivity (Wildman–Crippen MR) is 118 cm³/mol. The quantitative estimate of drug-likeness (QED) is 0.195. The Hall–Kier alpha value is -1.12. The van der Waals surface area contributed by atoms with Gasteiger partial charge in [0.2, 0.25) is 0 Å². The molecule has 0 aromatic rings. The molecule has 4 atom stereocenters. The van der Waals surface area contributed by atoms with Crippen LogP contribution in [0.5, 0.6) is 0 Å². The van der Waals surface area contributed by atoms with Gasteiger partial charge in [0.15, 0.2) is 28.5 Å². The fourth-order valence-electron chi connectivity index (χ4n) is 3.16. The first kappa shape index (κ1) is 29.9. The first-order chi connectivity index (χ1) is 15.7. The average Bonchev–Trinajstić information content (AvgIpc) is 2.75. The van der Waals surface area contributed by atoms with Crippen LogP contribution in [0, 0.1) is 0 Å². The molecule has 2 heterocycles. The van der Waals surface area contributed by atoms with Gasteiger partial charge in [0, 0.05) is 51.3 Å². The van der Waals surface area contributed by atoms with Crippen molar-refractivity contribution in [2.24, 2.45) is 10.3 Å². The van der Waals surface area contributed by atoms with Crippen LogP contribution < -0.4 is 5.64 Å². The monoisotopic (exact) mass is 519 g/mol. The lowest BCUT2D eigenvalue weighted by Gasteiger charge is -2.34. The maximum Gasteiger partial charge on any atom is 0.170 e. The molecule has 15 nitrogen and oxygen atoms in total. The molecule has 2 fully saturated rings. The normalized spacial score (nSPS) is 26.7. The summed E-state index contributed by atoms with van der Waals surface area (Å²) in [4.78, 5) is 14.0. The largest absolute Gasteiger partial charge is 0.399 e. The molecule has 0 bridgehead atoms. The van der Waals surface area contributed by atoms with E-state index in [1.807, 2.05) is 0 Å². The van der Waals surface area contributed by atoms with E-state index in [-0.39, 0.29) is 12.6 Å². The van der Waals surface area contributed by atoms with E-state index >= 15 is 0 Å². The fourth-order valence-corrected chi connectivity index (χ4v) is 4.08. The fraction of sp³-hybridized carbons (Fsp3) is 0.875. The van der Waals surface area contributed by atoms with E-state index in [0.717, 1.165) is 11.4 Å². The molecule has 0 aromatic heterocycles. The highest BCUT2D eigenvalue weighted by Crippen LogP contribution is 2.19. The number of hydrogen-bond acceptors (Lipinski definition) is 15. The van der Waals surface area contributed by atoms with Gasteiger partial charge in [0.1, 0.15) is 14.2 Å². The van der Waals surface area contributed by atoms with E-state index in [1.165, 1.54) is 31.8 Å². The van der Waals surface area contributed by atoms with Crippen LogP contribution in [-0.2, 0) is 45.2 Å². The summed E-state index contributed by atoms with van der Waals surface area (Å²) < 4.78 is 32.1. The second kappa shape index (κ2) is 16.5. The number of nitrogens with zero attached hydrogens (tertiary/aromatic N) is 4. The Morgan fingerprint density at radius 2 is 1.52 bits per heavy atom. The van der Waals surface area contributed by atoms with Crippen LogP contribution in [0.3, 0.4) is 0 Å². The molecule has 0 aromatic carbocycles. The predicted octanol–water partition coefficient (Wildman–Crippen LogP) is -1.42. The molecule has 2 saturated heterocycles. The zero-order chi connectivity index (χ0) is 24.8. The lowest BCUT2D eigenvalue weighted by Crippen LogP contribution is -2.49. The molecular weight excluding hydrogens is 486 g/mol. The highest BCUT2D eigenvalue weighted by molar-refractivity contribution is 7.79. The summed E-state index contributed by atoms with van der Waals surface area (Å²) in [5.74, 6) is 0. The second-order valence-electron chi connectivity index (χ2n) is 6.86. The summed E-state index contributed by atoms with van der Waals surface area (Å²) in [5, 5.41) is 37.3. The van der Waals surface area contributed by atoms with Gasteiger partial charge in [-0.15, -0.1) is 0 Å². The highest BCUT2D eigenvalue weighted by Gasteiger charge is 2.33. The number of hydroxylamine groups is 4. The van der Waals surface area contributed by atoms with Crippen molar-refractivity contribution in [1.82, 2.24) is 15.8 Å². The third kappa shape index (κ3) is 11.7. The molecule has 0 radical (unpaired) electrons. The van der Waals surface area contributed by atoms with E-state index in [4.69, 9.17) is 23.5 Å². The van der Waals surface area contributed by atoms with Crippen LogP contribution in [0.2, 0.25) is 0 Å². The molecule has 4 N–H and O–H groups in total. The van der Waals surface area contributed by atoms with Crippen LogP contribution in [0.25, 0.3) is 0 Å². The number of hydrogen-bond donors (Lipinski definition) is 4. The van der Waals surface area contributed by atoms with Crippen molar-refractivity contribution in [3.8, 4) is 0 Å². The average molecular weight is 520 g/mol. The van der Waals surface area contributed by atoms with Crippen LogP contribution in [-0.4, -0.2) is 110 Å². The molecule has 2 aliphatic heterocycles. The highest BCUT2D eigenvalue weighted by atomic mass is 32.2. The number of oxime groups is 2. The molecule has 2 rings (SSSR count). The molecule has 0 spiro atoms. The maximum absolute atomic E-state index is 11.0.